The van der Waals surface area contributed by atoms with Gasteiger partial charge in [-0.1, -0.05) is 29.8 Å². The van der Waals surface area contributed by atoms with Crippen molar-refractivity contribution in [2.45, 2.75) is 46.1 Å². The molecule has 0 amide bonds. The number of benzene rings is 2. The fourth-order valence-corrected chi connectivity index (χ4v) is 4.43. The van der Waals surface area contributed by atoms with Crippen LogP contribution >= 0.6 is 38.5 Å². The molecule has 0 N–H and O–H groups in total. The highest BCUT2D eigenvalue weighted by atomic mass is 127. The zero-order valence-corrected chi connectivity index (χ0v) is 23.9. The highest BCUT2D eigenvalue weighted by Gasteiger charge is 2.21. The zero-order chi connectivity index (χ0) is 25.7. The van der Waals surface area contributed by atoms with E-state index in [9.17, 15) is 9.59 Å². The number of methoxy groups -OCH3 is 1. The van der Waals surface area contributed by atoms with E-state index in [0.29, 0.717) is 33.8 Å². The quantitative estimate of drug-likeness (QED) is 0.172. The molecule has 10 heteroatoms. The Bertz CT molecular complexity index is 1320. The minimum atomic E-state index is -0.795. The Kier molecular flexibility index (Phi) is 9.28. The maximum Gasteiger partial charge on any atom is 0.347 e. The van der Waals surface area contributed by atoms with Crippen molar-refractivity contribution in [3.8, 4) is 11.5 Å². The van der Waals surface area contributed by atoms with Crippen molar-refractivity contribution in [2.75, 3.05) is 13.7 Å². The average molecular weight is 656 g/mol. The van der Waals surface area contributed by atoms with Gasteiger partial charge in [-0.3, -0.25) is 4.79 Å². The van der Waals surface area contributed by atoms with Crippen molar-refractivity contribution in [2.24, 2.45) is 5.10 Å². The van der Waals surface area contributed by atoms with Crippen molar-refractivity contribution in [3.63, 3.8) is 0 Å². The number of halogens is 2. The number of fused-ring (bicyclic) bond motifs is 1. The normalized spacial score (nSPS) is 13.1. The Hall–Kier alpha value is -2.47. The molecule has 0 saturated carbocycles. The number of nitrogens with zero attached hydrogens (tertiary/aromatic N) is 3. The van der Waals surface area contributed by atoms with Gasteiger partial charge in [0, 0.05) is 10.4 Å². The van der Waals surface area contributed by atoms with Crippen LogP contribution in [0.15, 0.2) is 44.7 Å². The highest BCUT2D eigenvalue weighted by molar-refractivity contribution is 14.1. The second kappa shape index (κ2) is 12.0. The van der Waals surface area contributed by atoms with Crippen LogP contribution in [0.4, 0.5) is 0 Å². The number of aromatic nitrogens is 2. The van der Waals surface area contributed by atoms with E-state index >= 15 is 0 Å². The molecule has 0 bridgehead atoms. The molecule has 0 radical (unpaired) electrons. The van der Waals surface area contributed by atoms with Crippen LogP contribution in [0.1, 0.15) is 51.4 Å². The monoisotopic (exact) mass is 655 g/mol. The summed E-state index contributed by atoms with van der Waals surface area (Å²) in [5.41, 5.74) is 1.08. The van der Waals surface area contributed by atoms with Crippen molar-refractivity contribution >= 4 is 61.6 Å². The molecule has 0 aliphatic heterocycles. The summed E-state index contributed by atoms with van der Waals surface area (Å²) in [7, 11) is 1.52. The number of hydrogen-bond acceptors (Lipinski definition) is 7. The molecule has 2 atom stereocenters. The number of carbonyl (C=O) groups excluding carboxylic acids is 1. The first-order valence-electron chi connectivity index (χ1n) is 11.2. The van der Waals surface area contributed by atoms with Gasteiger partial charge in [-0.15, -0.1) is 0 Å². The number of ether oxygens (including phenoxy) is 3. The van der Waals surface area contributed by atoms with Gasteiger partial charge in [0.2, 0.25) is 0 Å². The zero-order valence-electron chi connectivity index (χ0n) is 20.2. The lowest BCUT2D eigenvalue weighted by molar-refractivity contribution is -0.150. The lowest BCUT2D eigenvalue weighted by atomic mass is 10.1. The van der Waals surface area contributed by atoms with Crippen molar-refractivity contribution in [1.29, 1.82) is 0 Å². The summed E-state index contributed by atoms with van der Waals surface area (Å²) in [5.74, 6) is 1.03. The molecule has 35 heavy (non-hydrogen) atoms. The minimum absolute atomic E-state index is 0.0303. The number of esters is 1. The van der Waals surface area contributed by atoms with Crippen LogP contribution in [0.3, 0.4) is 0 Å². The maximum atomic E-state index is 13.3. The third-order valence-corrected chi connectivity index (χ3v) is 6.67. The topological polar surface area (TPSA) is 92.0 Å². The Morgan fingerprint density at radius 3 is 2.66 bits per heavy atom. The van der Waals surface area contributed by atoms with Gasteiger partial charge in [-0.25, -0.2) is 9.78 Å². The largest absolute Gasteiger partial charge is 0.493 e. The molecule has 186 valence electrons. The summed E-state index contributed by atoms with van der Waals surface area (Å²) in [4.78, 5) is 30.0. The Balaban J connectivity index is 2.04. The lowest BCUT2D eigenvalue weighted by Crippen LogP contribution is -2.26. The van der Waals surface area contributed by atoms with E-state index < -0.39 is 12.1 Å². The van der Waals surface area contributed by atoms with E-state index in [0.717, 1.165) is 14.5 Å². The average Bonchev–Trinajstić information content (AvgIpc) is 2.84. The molecule has 0 aliphatic rings. The standard InChI is InChI=1S/C25H27BrIN3O5/c1-6-14(3)23-29-20-9-8-17(26)12-18(20)24(31)30(23)28-13-16-10-19(27)22(21(11-16)33-5)35-15(4)25(32)34-7-2/h8-15H,6-7H2,1-5H3/t14-,15-/m0/s1. The smallest absolute Gasteiger partial charge is 0.347 e. The molecule has 8 nitrogen and oxygen atoms in total. The molecule has 1 heterocycles. The van der Waals surface area contributed by atoms with Gasteiger partial charge in [-0.2, -0.15) is 9.78 Å². The molecule has 0 aliphatic carbocycles. The van der Waals surface area contributed by atoms with E-state index in [1.807, 2.05) is 32.0 Å². The van der Waals surface area contributed by atoms with Crippen molar-refractivity contribution in [3.05, 3.63) is 60.1 Å². The first-order chi connectivity index (χ1) is 16.7. The summed E-state index contributed by atoms with van der Waals surface area (Å²) in [5, 5.41) is 4.99. The Morgan fingerprint density at radius 1 is 1.26 bits per heavy atom. The van der Waals surface area contributed by atoms with E-state index in [2.05, 4.69) is 43.6 Å². The highest BCUT2D eigenvalue weighted by Crippen LogP contribution is 2.34. The summed E-state index contributed by atoms with van der Waals surface area (Å²) >= 11 is 5.53. The fourth-order valence-electron chi connectivity index (χ4n) is 3.32. The molecule has 0 fully saturated rings. The van der Waals surface area contributed by atoms with Crippen molar-refractivity contribution in [1.82, 2.24) is 9.66 Å². The maximum absolute atomic E-state index is 13.3. The van der Waals surface area contributed by atoms with E-state index in [1.165, 1.54) is 11.8 Å². The van der Waals surface area contributed by atoms with Gasteiger partial charge in [0.05, 0.1) is 34.4 Å². The summed E-state index contributed by atoms with van der Waals surface area (Å²) in [6.07, 6.45) is 1.60. The molecule has 3 rings (SSSR count). The molecule has 0 spiro atoms. The van der Waals surface area contributed by atoms with Crippen LogP contribution < -0.4 is 15.0 Å². The van der Waals surface area contributed by atoms with Gasteiger partial charge >= 0.3 is 5.97 Å². The predicted octanol–water partition coefficient (Wildman–Crippen LogP) is 5.50. The van der Waals surface area contributed by atoms with Gasteiger partial charge in [0.25, 0.3) is 5.56 Å². The Labute approximate surface area is 225 Å². The van der Waals surface area contributed by atoms with E-state index in [1.54, 1.807) is 32.2 Å². The van der Waals surface area contributed by atoms with Gasteiger partial charge in [-0.05, 0) is 78.8 Å². The van der Waals surface area contributed by atoms with E-state index in [4.69, 9.17) is 19.2 Å². The van der Waals surface area contributed by atoms with Crippen LogP contribution in [-0.2, 0) is 9.53 Å². The molecular weight excluding hydrogens is 629 g/mol. The minimum Gasteiger partial charge on any atom is -0.493 e. The molecule has 3 aromatic rings. The summed E-state index contributed by atoms with van der Waals surface area (Å²) in [6.45, 7) is 7.69. The third-order valence-electron chi connectivity index (χ3n) is 5.37. The van der Waals surface area contributed by atoms with Crippen LogP contribution in [0, 0.1) is 3.57 Å². The number of carbonyl (C=O) groups is 1. The van der Waals surface area contributed by atoms with E-state index in [-0.39, 0.29) is 18.1 Å². The number of rotatable bonds is 9. The molecule has 2 aromatic carbocycles. The second-order valence-electron chi connectivity index (χ2n) is 7.85. The SMILES string of the molecule is CCOC(=O)[C@H](C)Oc1c(I)cc(C=Nn2c([C@@H](C)CC)nc3ccc(Br)cc3c2=O)cc1OC. The molecular formula is C25H27BrIN3O5. The van der Waals surface area contributed by atoms with Crippen LogP contribution in [0.2, 0.25) is 0 Å². The molecule has 1 aromatic heterocycles. The molecule has 0 saturated heterocycles. The van der Waals surface area contributed by atoms with Crippen molar-refractivity contribution < 1.29 is 19.0 Å². The summed E-state index contributed by atoms with van der Waals surface area (Å²) in [6, 6.07) is 9.00. The third kappa shape index (κ3) is 6.21. The molecule has 0 unspecified atom stereocenters. The first-order valence-corrected chi connectivity index (χ1v) is 13.0. The second-order valence-corrected chi connectivity index (χ2v) is 9.93. The fraction of sp³-hybridized carbons (Fsp3) is 0.360. The first kappa shape index (κ1) is 27.1. The number of hydrogen-bond donors (Lipinski definition) is 0. The lowest BCUT2D eigenvalue weighted by Gasteiger charge is -2.17. The van der Waals surface area contributed by atoms with Gasteiger partial charge in [0.15, 0.2) is 17.6 Å². The van der Waals surface area contributed by atoms with Crippen LogP contribution in [0.25, 0.3) is 10.9 Å². The predicted molar refractivity (Wildman–Crippen MR) is 148 cm³/mol. The summed E-state index contributed by atoms with van der Waals surface area (Å²) < 4.78 is 19.2. The Morgan fingerprint density at radius 2 is 2.00 bits per heavy atom. The van der Waals surface area contributed by atoms with Gasteiger partial charge < -0.3 is 14.2 Å². The van der Waals surface area contributed by atoms with Gasteiger partial charge in [0.1, 0.15) is 5.82 Å². The van der Waals surface area contributed by atoms with Crippen LogP contribution in [-0.4, -0.2) is 41.7 Å². The van der Waals surface area contributed by atoms with Crippen LogP contribution in [0.5, 0.6) is 11.5 Å².